The number of para-hydroxylation sites is 2. The zero-order chi connectivity index (χ0) is 13.8. The van der Waals surface area contributed by atoms with Gasteiger partial charge in [0.15, 0.2) is 0 Å². The van der Waals surface area contributed by atoms with Gasteiger partial charge in [-0.1, -0.05) is 12.1 Å². The lowest BCUT2D eigenvalue weighted by molar-refractivity contribution is 0.0148. The molecule has 2 aromatic rings. The largest absolute Gasteiger partial charge is 0.374 e. The minimum Gasteiger partial charge on any atom is -0.374 e. The minimum absolute atomic E-state index is 0.210. The van der Waals surface area contributed by atoms with Crippen molar-refractivity contribution in [3.63, 3.8) is 0 Å². The summed E-state index contributed by atoms with van der Waals surface area (Å²) in [5.74, 6) is 0.725. The SMILES string of the molecule is CC(Cl)c1nc2ccccc2n1CCOCC(F)F. The third kappa shape index (κ3) is 3.42. The molecule has 0 bridgehead atoms. The fourth-order valence-electron chi connectivity index (χ4n) is 1.96. The van der Waals surface area contributed by atoms with E-state index in [0.717, 1.165) is 16.9 Å². The maximum atomic E-state index is 12.0. The number of aromatic nitrogens is 2. The summed E-state index contributed by atoms with van der Waals surface area (Å²) in [5.41, 5.74) is 1.78. The molecule has 3 nitrogen and oxygen atoms in total. The zero-order valence-electron chi connectivity index (χ0n) is 10.5. The molecular formula is C13H15ClF2N2O. The Kier molecular flexibility index (Phi) is 4.71. The van der Waals surface area contributed by atoms with Crippen molar-refractivity contribution in [1.29, 1.82) is 0 Å². The lowest BCUT2D eigenvalue weighted by Crippen LogP contribution is -2.12. The van der Waals surface area contributed by atoms with Gasteiger partial charge in [-0.2, -0.15) is 0 Å². The average Bonchev–Trinajstić information content (AvgIpc) is 2.73. The number of benzene rings is 1. The van der Waals surface area contributed by atoms with E-state index in [1.165, 1.54) is 0 Å². The lowest BCUT2D eigenvalue weighted by Gasteiger charge is -2.10. The second kappa shape index (κ2) is 6.30. The van der Waals surface area contributed by atoms with Crippen molar-refractivity contribution >= 4 is 22.6 Å². The molecule has 2 rings (SSSR count). The van der Waals surface area contributed by atoms with Crippen LogP contribution in [0.5, 0.6) is 0 Å². The highest BCUT2D eigenvalue weighted by Gasteiger charge is 2.14. The van der Waals surface area contributed by atoms with Gasteiger partial charge < -0.3 is 9.30 Å². The second-order valence-corrected chi connectivity index (χ2v) is 4.85. The summed E-state index contributed by atoms with van der Waals surface area (Å²) in [4.78, 5) is 4.45. The van der Waals surface area contributed by atoms with Crippen molar-refractivity contribution < 1.29 is 13.5 Å². The Bertz CT molecular complexity index is 542. The number of alkyl halides is 3. The summed E-state index contributed by atoms with van der Waals surface area (Å²) in [6, 6.07) is 7.63. The number of hydrogen-bond acceptors (Lipinski definition) is 2. The van der Waals surface area contributed by atoms with Crippen LogP contribution in [0.3, 0.4) is 0 Å². The summed E-state index contributed by atoms with van der Waals surface area (Å²) < 4.78 is 30.8. The number of halogens is 3. The third-order valence-electron chi connectivity index (χ3n) is 2.74. The Balaban J connectivity index is 2.17. The Morgan fingerprint density at radius 1 is 1.37 bits per heavy atom. The van der Waals surface area contributed by atoms with Crippen LogP contribution in [0.2, 0.25) is 0 Å². The van der Waals surface area contributed by atoms with Crippen LogP contribution in [0.1, 0.15) is 18.1 Å². The van der Waals surface area contributed by atoms with Gasteiger partial charge in [-0.25, -0.2) is 13.8 Å². The molecule has 1 aromatic heterocycles. The van der Waals surface area contributed by atoms with Crippen molar-refractivity contribution in [1.82, 2.24) is 9.55 Å². The van der Waals surface area contributed by atoms with E-state index in [1.54, 1.807) is 0 Å². The number of fused-ring (bicyclic) bond motifs is 1. The predicted octanol–water partition coefficient (Wildman–Crippen LogP) is 3.62. The van der Waals surface area contributed by atoms with Gasteiger partial charge in [0, 0.05) is 6.54 Å². The summed E-state index contributed by atoms with van der Waals surface area (Å²) in [5, 5.41) is -0.248. The Labute approximate surface area is 115 Å². The smallest absolute Gasteiger partial charge is 0.261 e. The van der Waals surface area contributed by atoms with E-state index < -0.39 is 13.0 Å². The standard InChI is InChI=1S/C13H15ClF2N2O/c1-9(14)13-17-10-4-2-3-5-11(10)18(13)6-7-19-8-12(15)16/h2-5,9,12H,6-8H2,1H3. The summed E-state index contributed by atoms with van der Waals surface area (Å²) in [6.45, 7) is 1.96. The highest BCUT2D eigenvalue weighted by atomic mass is 35.5. The Morgan fingerprint density at radius 3 is 2.79 bits per heavy atom. The molecule has 0 aliphatic rings. The highest BCUT2D eigenvalue weighted by Crippen LogP contribution is 2.24. The Morgan fingerprint density at radius 2 is 2.11 bits per heavy atom. The molecule has 1 atom stereocenters. The van der Waals surface area contributed by atoms with Gasteiger partial charge in [0.05, 0.1) is 23.0 Å². The van der Waals surface area contributed by atoms with Crippen LogP contribution in [0.25, 0.3) is 11.0 Å². The van der Waals surface area contributed by atoms with E-state index in [1.807, 2.05) is 35.8 Å². The van der Waals surface area contributed by atoms with E-state index in [4.69, 9.17) is 16.3 Å². The van der Waals surface area contributed by atoms with Crippen molar-refractivity contribution in [2.24, 2.45) is 0 Å². The lowest BCUT2D eigenvalue weighted by atomic mass is 10.3. The van der Waals surface area contributed by atoms with E-state index in [0.29, 0.717) is 6.54 Å². The zero-order valence-corrected chi connectivity index (χ0v) is 11.3. The van der Waals surface area contributed by atoms with Gasteiger partial charge in [0.25, 0.3) is 6.43 Å². The molecular weight excluding hydrogens is 274 g/mol. The molecule has 0 saturated heterocycles. The molecule has 104 valence electrons. The quantitative estimate of drug-likeness (QED) is 0.600. The fourth-order valence-corrected chi connectivity index (χ4v) is 2.13. The third-order valence-corrected chi connectivity index (χ3v) is 2.94. The first-order valence-corrected chi connectivity index (χ1v) is 6.48. The van der Waals surface area contributed by atoms with Crippen LogP contribution in [0, 0.1) is 0 Å². The van der Waals surface area contributed by atoms with Crippen LogP contribution in [-0.2, 0) is 11.3 Å². The summed E-state index contributed by atoms with van der Waals surface area (Å²) >= 11 is 6.10. The molecule has 0 aliphatic heterocycles. The van der Waals surface area contributed by atoms with Gasteiger partial charge in [-0.05, 0) is 19.1 Å². The van der Waals surface area contributed by atoms with Gasteiger partial charge in [0.1, 0.15) is 12.4 Å². The number of nitrogens with zero attached hydrogens (tertiary/aromatic N) is 2. The van der Waals surface area contributed by atoms with Crippen LogP contribution in [0.4, 0.5) is 8.78 Å². The average molecular weight is 289 g/mol. The molecule has 0 aliphatic carbocycles. The highest BCUT2D eigenvalue weighted by molar-refractivity contribution is 6.20. The normalized spacial score (nSPS) is 13.3. The molecule has 0 N–H and O–H groups in total. The molecule has 1 unspecified atom stereocenters. The monoisotopic (exact) mass is 288 g/mol. The Hall–Kier alpha value is -1.20. The van der Waals surface area contributed by atoms with E-state index in [9.17, 15) is 8.78 Å². The molecule has 19 heavy (non-hydrogen) atoms. The number of rotatable bonds is 6. The van der Waals surface area contributed by atoms with Gasteiger partial charge in [-0.3, -0.25) is 0 Å². The predicted molar refractivity (Wildman–Crippen MR) is 70.8 cm³/mol. The summed E-state index contributed by atoms with van der Waals surface area (Å²) in [6.07, 6.45) is -2.44. The molecule has 0 saturated carbocycles. The molecule has 1 heterocycles. The van der Waals surface area contributed by atoms with Crippen LogP contribution < -0.4 is 0 Å². The van der Waals surface area contributed by atoms with Crippen molar-refractivity contribution in [2.45, 2.75) is 25.3 Å². The number of hydrogen-bond donors (Lipinski definition) is 0. The first-order chi connectivity index (χ1) is 9.09. The molecule has 1 aromatic carbocycles. The molecule has 0 radical (unpaired) electrons. The maximum absolute atomic E-state index is 12.0. The van der Waals surface area contributed by atoms with E-state index in [2.05, 4.69) is 4.98 Å². The van der Waals surface area contributed by atoms with Crippen LogP contribution >= 0.6 is 11.6 Å². The molecule has 0 spiro atoms. The number of ether oxygens (including phenoxy) is 1. The van der Waals surface area contributed by atoms with Crippen LogP contribution in [0.15, 0.2) is 24.3 Å². The topological polar surface area (TPSA) is 27.1 Å². The molecule has 0 fully saturated rings. The van der Waals surface area contributed by atoms with Crippen molar-refractivity contribution in [2.75, 3.05) is 13.2 Å². The molecule has 6 heteroatoms. The fraction of sp³-hybridized carbons (Fsp3) is 0.462. The van der Waals surface area contributed by atoms with E-state index in [-0.39, 0.29) is 12.0 Å². The first kappa shape index (κ1) is 14.2. The van der Waals surface area contributed by atoms with E-state index >= 15 is 0 Å². The second-order valence-electron chi connectivity index (χ2n) is 4.19. The van der Waals surface area contributed by atoms with Crippen molar-refractivity contribution in [3.05, 3.63) is 30.1 Å². The van der Waals surface area contributed by atoms with Gasteiger partial charge in [-0.15, -0.1) is 11.6 Å². The van der Waals surface area contributed by atoms with Crippen LogP contribution in [-0.4, -0.2) is 29.2 Å². The summed E-state index contributed by atoms with van der Waals surface area (Å²) in [7, 11) is 0. The molecule has 0 amide bonds. The van der Waals surface area contributed by atoms with Gasteiger partial charge in [0.2, 0.25) is 0 Å². The van der Waals surface area contributed by atoms with Crippen molar-refractivity contribution in [3.8, 4) is 0 Å². The first-order valence-electron chi connectivity index (χ1n) is 6.04. The maximum Gasteiger partial charge on any atom is 0.261 e. The number of imidazole rings is 1. The van der Waals surface area contributed by atoms with Gasteiger partial charge >= 0.3 is 0 Å². The minimum atomic E-state index is -2.44.